The molecule has 0 unspecified atom stereocenters. The van der Waals surface area contributed by atoms with Crippen LogP contribution in [0.4, 0.5) is 13.2 Å². The number of hydrogen-bond donors (Lipinski definition) is 0. The van der Waals surface area contributed by atoms with Crippen molar-refractivity contribution in [3.05, 3.63) is 81.5 Å². The van der Waals surface area contributed by atoms with E-state index in [9.17, 15) is 18.0 Å². The van der Waals surface area contributed by atoms with E-state index >= 15 is 0 Å². The molecule has 0 atom stereocenters. The molecule has 0 N–H and O–H groups in total. The molecular weight excluding hydrogens is 512 g/mol. The van der Waals surface area contributed by atoms with E-state index in [2.05, 4.69) is 10.1 Å². The summed E-state index contributed by atoms with van der Waals surface area (Å²) in [5, 5.41) is 3.82. The van der Waals surface area contributed by atoms with Gasteiger partial charge in [-0.2, -0.15) is 13.2 Å². The number of rotatable bonds is 8. The van der Waals surface area contributed by atoms with Crippen LogP contribution >= 0.6 is 23.2 Å². The van der Waals surface area contributed by atoms with Gasteiger partial charge in [-0.3, -0.25) is 0 Å². The molecule has 0 saturated carbocycles. The molecule has 12 heteroatoms. The van der Waals surface area contributed by atoms with Gasteiger partial charge < -0.3 is 19.0 Å². The zero-order chi connectivity index (χ0) is 25.6. The first-order chi connectivity index (χ1) is 16.6. The number of halogens is 5. The van der Waals surface area contributed by atoms with E-state index in [0.717, 1.165) is 12.1 Å². The van der Waals surface area contributed by atoms with Crippen LogP contribution in [0.1, 0.15) is 16.7 Å². The molecule has 0 fully saturated rings. The van der Waals surface area contributed by atoms with Crippen LogP contribution in [0, 0.1) is 0 Å². The van der Waals surface area contributed by atoms with Crippen LogP contribution in [0.25, 0.3) is 0 Å². The molecule has 0 aliphatic rings. The quantitative estimate of drug-likeness (QED) is 0.194. The van der Waals surface area contributed by atoms with Crippen LogP contribution in [0.3, 0.4) is 0 Å². The van der Waals surface area contributed by atoms with E-state index in [1.54, 1.807) is 24.3 Å². The molecule has 184 valence electrons. The van der Waals surface area contributed by atoms with Gasteiger partial charge in [-0.1, -0.05) is 52.6 Å². The van der Waals surface area contributed by atoms with Crippen molar-refractivity contribution in [2.75, 3.05) is 14.2 Å². The third-order valence-electron chi connectivity index (χ3n) is 4.47. The predicted molar refractivity (Wildman–Crippen MR) is 122 cm³/mol. The highest BCUT2D eigenvalue weighted by atomic mass is 35.5. The molecule has 1 aromatic heterocycles. The Balaban J connectivity index is 1.78. The number of ether oxygens (including phenoxy) is 3. The number of benzene rings is 2. The molecule has 3 rings (SSSR count). The first-order valence-electron chi connectivity index (χ1n) is 9.74. The fourth-order valence-corrected chi connectivity index (χ4v) is 3.40. The molecular formula is C23H17Cl2F3N2O5. The number of carbonyl (C=O) groups excluding carboxylic acids is 1. The second-order valence-corrected chi connectivity index (χ2v) is 7.58. The molecule has 0 aliphatic heterocycles. The smallest absolute Gasteiger partial charge is 0.417 e. The maximum atomic E-state index is 12.7. The van der Waals surface area contributed by atoms with Gasteiger partial charge in [0.25, 0.3) is 0 Å². The lowest BCUT2D eigenvalue weighted by Crippen LogP contribution is -2.19. The van der Waals surface area contributed by atoms with E-state index in [-0.39, 0.29) is 39.7 Å². The Morgan fingerprint density at radius 3 is 2.31 bits per heavy atom. The van der Waals surface area contributed by atoms with E-state index in [1.165, 1.54) is 26.4 Å². The summed E-state index contributed by atoms with van der Waals surface area (Å²) in [4.78, 5) is 20.5. The highest BCUT2D eigenvalue weighted by molar-refractivity contribution is 6.43. The molecule has 7 nitrogen and oxygen atoms in total. The summed E-state index contributed by atoms with van der Waals surface area (Å²) in [6.07, 6.45) is -3.88. The fraction of sp³-hybridized carbons (Fsp3) is 0.174. The topological polar surface area (TPSA) is 79.2 Å². The monoisotopic (exact) mass is 528 g/mol. The molecule has 0 amide bonds. The zero-order valence-electron chi connectivity index (χ0n) is 18.2. The average molecular weight is 529 g/mol. The summed E-state index contributed by atoms with van der Waals surface area (Å²) >= 11 is 12.5. The summed E-state index contributed by atoms with van der Waals surface area (Å²) < 4.78 is 54.1. The zero-order valence-corrected chi connectivity index (χ0v) is 19.7. The Labute approximate surface area is 208 Å². The summed E-state index contributed by atoms with van der Waals surface area (Å²) in [7, 11) is 2.52. The summed E-state index contributed by atoms with van der Waals surface area (Å²) in [5.74, 6) is -0.555. The Morgan fingerprint density at radius 1 is 1.06 bits per heavy atom. The van der Waals surface area contributed by atoms with Gasteiger partial charge in [-0.05, 0) is 11.6 Å². The number of carbonyl (C=O) groups is 1. The number of nitrogens with zero attached hydrogens (tertiary/aromatic N) is 2. The number of aromatic nitrogens is 1. The third kappa shape index (κ3) is 6.55. The minimum absolute atomic E-state index is 0.00320. The molecule has 35 heavy (non-hydrogen) atoms. The lowest BCUT2D eigenvalue weighted by Gasteiger charge is -2.14. The van der Waals surface area contributed by atoms with Crippen molar-refractivity contribution >= 4 is 34.9 Å². The van der Waals surface area contributed by atoms with Gasteiger partial charge in [0.1, 0.15) is 19.5 Å². The average Bonchev–Trinajstić information content (AvgIpc) is 2.83. The number of hydrogen-bond acceptors (Lipinski definition) is 7. The number of esters is 1. The minimum atomic E-state index is -4.52. The van der Waals surface area contributed by atoms with Crippen LogP contribution < -0.4 is 9.47 Å². The number of alkyl halides is 3. The number of methoxy groups -OCH3 is 1. The summed E-state index contributed by atoms with van der Waals surface area (Å²) in [5.41, 5.74) is 0.0666. The predicted octanol–water partition coefficient (Wildman–Crippen LogP) is 6.30. The maximum Gasteiger partial charge on any atom is 0.417 e. The van der Waals surface area contributed by atoms with Crippen LogP contribution in [-0.2, 0) is 27.2 Å². The summed E-state index contributed by atoms with van der Waals surface area (Å²) in [6.45, 7) is 0.00320. The van der Waals surface area contributed by atoms with Crippen molar-refractivity contribution in [1.29, 1.82) is 0 Å². The normalized spacial score (nSPS) is 11.7. The molecule has 2 aromatic carbocycles. The van der Waals surface area contributed by atoms with Gasteiger partial charge in [-0.25, -0.2) is 9.78 Å². The van der Waals surface area contributed by atoms with Gasteiger partial charge in [0.15, 0.2) is 11.5 Å². The SMILES string of the molecule is CON=C(C(=O)OC)c1ccccc1COc1cc(Cl)c(Oc2ccc(C(F)(F)F)cn2)c(Cl)c1. The Morgan fingerprint density at radius 2 is 1.74 bits per heavy atom. The van der Waals surface area contributed by atoms with Crippen LogP contribution in [0.5, 0.6) is 17.4 Å². The lowest BCUT2D eigenvalue weighted by molar-refractivity contribution is -0.138. The Bertz CT molecular complexity index is 1210. The Hall–Kier alpha value is -3.50. The van der Waals surface area contributed by atoms with Crippen molar-refractivity contribution in [2.24, 2.45) is 5.16 Å². The standard InChI is InChI=1S/C23H17Cl2F3N2O5/c1-32-22(31)20(30-33-2)16-6-4-3-5-13(16)12-34-15-9-17(24)21(18(25)10-15)35-19-8-7-14(11-29-19)23(26,27)28/h3-11H,12H2,1-2H3. The number of pyridine rings is 1. The fourth-order valence-electron chi connectivity index (χ4n) is 2.85. The second-order valence-electron chi connectivity index (χ2n) is 6.76. The van der Waals surface area contributed by atoms with Gasteiger partial charge in [0.2, 0.25) is 5.88 Å². The Kier molecular flexibility index (Phi) is 8.42. The van der Waals surface area contributed by atoms with Gasteiger partial charge in [0.05, 0.1) is 22.7 Å². The third-order valence-corrected chi connectivity index (χ3v) is 5.03. The van der Waals surface area contributed by atoms with Crippen molar-refractivity contribution in [3.63, 3.8) is 0 Å². The van der Waals surface area contributed by atoms with E-state index in [0.29, 0.717) is 17.3 Å². The van der Waals surface area contributed by atoms with Crippen molar-refractivity contribution in [2.45, 2.75) is 12.8 Å². The van der Waals surface area contributed by atoms with E-state index < -0.39 is 17.7 Å². The molecule has 1 heterocycles. The van der Waals surface area contributed by atoms with Crippen molar-refractivity contribution < 1.29 is 37.0 Å². The van der Waals surface area contributed by atoms with Crippen LogP contribution in [-0.4, -0.2) is 30.9 Å². The number of oxime groups is 1. The first-order valence-corrected chi connectivity index (χ1v) is 10.5. The van der Waals surface area contributed by atoms with Gasteiger partial charge in [0, 0.05) is 30.0 Å². The van der Waals surface area contributed by atoms with Gasteiger partial charge in [-0.15, -0.1) is 0 Å². The maximum absolute atomic E-state index is 12.7. The molecule has 0 bridgehead atoms. The first kappa shape index (κ1) is 26.1. The molecule has 0 radical (unpaired) electrons. The molecule has 0 spiro atoms. The summed E-state index contributed by atoms with van der Waals surface area (Å²) in [6, 6.07) is 11.5. The van der Waals surface area contributed by atoms with Gasteiger partial charge >= 0.3 is 12.1 Å². The van der Waals surface area contributed by atoms with E-state index in [4.69, 9.17) is 42.3 Å². The highest BCUT2D eigenvalue weighted by Crippen LogP contribution is 2.40. The molecule has 0 saturated heterocycles. The minimum Gasteiger partial charge on any atom is -0.489 e. The largest absolute Gasteiger partial charge is 0.489 e. The van der Waals surface area contributed by atoms with Crippen LogP contribution in [0.2, 0.25) is 10.0 Å². The second kappa shape index (κ2) is 11.3. The molecule has 0 aliphatic carbocycles. The molecule has 3 aromatic rings. The lowest BCUT2D eigenvalue weighted by atomic mass is 10.0. The van der Waals surface area contributed by atoms with Crippen LogP contribution in [0.15, 0.2) is 59.9 Å². The van der Waals surface area contributed by atoms with Crippen molar-refractivity contribution in [1.82, 2.24) is 4.98 Å². The van der Waals surface area contributed by atoms with Crippen molar-refractivity contribution in [3.8, 4) is 17.4 Å². The van der Waals surface area contributed by atoms with E-state index in [1.807, 2.05) is 0 Å². The highest BCUT2D eigenvalue weighted by Gasteiger charge is 2.30.